The van der Waals surface area contributed by atoms with Gasteiger partial charge < -0.3 is 5.73 Å². The van der Waals surface area contributed by atoms with Crippen molar-refractivity contribution in [3.8, 4) is 0 Å². The molecule has 98 valence electrons. The van der Waals surface area contributed by atoms with Crippen molar-refractivity contribution in [2.75, 3.05) is 0 Å². The summed E-state index contributed by atoms with van der Waals surface area (Å²) >= 11 is 0. The smallest absolute Gasteiger partial charge is 0.0102 e. The van der Waals surface area contributed by atoms with Crippen LogP contribution in [0.5, 0.6) is 0 Å². The van der Waals surface area contributed by atoms with Crippen molar-refractivity contribution in [3.05, 3.63) is 35.4 Å². The number of hydrogen-bond donors (Lipinski definition) is 1. The van der Waals surface area contributed by atoms with Gasteiger partial charge in [-0.2, -0.15) is 0 Å². The Labute approximate surface area is 111 Å². The highest BCUT2D eigenvalue weighted by atomic mass is 14.7. The molecule has 0 spiro atoms. The molecule has 1 nitrogen and oxygen atoms in total. The minimum atomic E-state index is 0.417. The highest BCUT2D eigenvalue weighted by Gasteiger charge is 2.33. The van der Waals surface area contributed by atoms with Crippen LogP contribution in [0.2, 0.25) is 0 Å². The van der Waals surface area contributed by atoms with Crippen LogP contribution in [-0.2, 0) is 12.8 Å². The zero-order valence-corrected chi connectivity index (χ0v) is 11.4. The highest BCUT2D eigenvalue weighted by Crippen LogP contribution is 2.36. The van der Waals surface area contributed by atoms with Gasteiger partial charge in [-0.1, -0.05) is 44.0 Å². The molecule has 1 saturated carbocycles. The summed E-state index contributed by atoms with van der Waals surface area (Å²) in [7, 11) is 0. The summed E-state index contributed by atoms with van der Waals surface area (Å²) in [6.07, 6.45) is 7.93. The lowest BCUT2D eigenvalue weighted by Crippen LogP contribution is -2.40. The molecule has 2 aliphatic carbocycles. The number of rotatable bonds is 2. The molecular formula is C17H25N. The molecule has 2 aliphatic rings. The van der Waals surface area contributed by atoms with E-state index in [0.717, 1.165) is 11.8 Å². The van der Waals surface area contributed by atoms with E-state index in [2.05, 4.69) is 31.2 Å². The minimum absolute atomic E-state index is 0.417. The maximum atomic E-state index is 6.60. The molecule has 0 saturated heterocycles. The van der Waals surface area contributed by atoms with Crippen LogP contribution in [0.25, 0.3) is 0 Å². The quantitative estimate of drug-likeness (QED) is 0.844. The fourth-order valence-corrected chi connectivity index (χ4v) is 4.08. The second kappa shape index (κ2) is 5.05. The van der Waals surface area contributed by atoms with Crippen LogP contribution < -0.4 is 5.73 Å². The molecule has 0 aliphatic heterocycles. The lowest BCUT2D eigenvalue weighted by atomic mass is 9.74. The Morgan fingerprint density at radius 1 is 1.06 bits per heavy atom. The minimum Gasteiger partial charge on any atom is -0.327 e. The van der Waals surface area contributed by atoms with Gasteiger partial charge in [0, 0.05) is 6.04 Å². The van der Waals surface area contributed by atoms with Crippen molar-refractivity contribution < 1.29 is 0 Å². The number of fused-ring (bicyclic) bond motifs is 1. The van der Waals surface area contributed by atoms with E-state index in [9.17, 15) is 0 Å². The molecule has 3 unspecified atom stereocenters. The fraction of sp³-hybridized carbons (Fsp3) is 0.647. The van der Waals surface area contributed by atoms with Crippen LogP contribution in [-0.4, -0.2) is 6.04 Å². The first-order valence-electron chi connectivity index (χ1n) is 7.56. The van der Waals surface area contributed by atoms with Crippen LogP contribution in [0.3, 0.4) is 0 Å². The van der Waals surface area contributed by atoms with Gasteiger partial charge in [-0.15, -0.1) is 0 Å². The predicted molar refractivity (Wildman–Crippen MR) is 76.4 cm³/mol. The molecule has 0 heterocycles. The Morgan fingerprint density at radius 2 is 1.72 bits per heavy atom. The zero-order chi connectivity index (χ0) is 12.5. The van der Waals surface area contributed by atoms with E-state index in [1.165, 1.54) is 38.5 Å². The van der Waals surface area contributed by atoms with Crippen molar-refractivity contribution in [2.45, 2.75) is 51.5 Å². The molecule has 3 rings (SSSR count). The lowest BCUT2D eigenvalue weighted by Gasteiger charge is -2.34. The Kier molecular flexibility index (Phi) is 3.43. The fourth-order valence-electron chi connectivity index (χ4n) is 4.08. The largest absolute Gasteiger partial charge is 0.327 e. The third-order valence-electron chi connectivity index (χ3n) is 5.15. The molecule has 1 heteroatoms. The van der Waals surface area contributed by atoms with E-state index in [0.29, 0.717) is 12.0 Å². The third-order valence-corrected chi connectivity index (χ3v) is 5.15. The van der Waals surface area contributed by atoms with Gasteiger partial charge in [-0.25, -0.2) is 0 Å². The average molecular weight is 243 g/mol. The van der Waals surface area contributed by atoms with Crippen LogP contribution >= 0.6 is 0 Å². The molecular weight excluding hydrogens is 218 g/mol. The first kappa shape index (κ1) is 12.2. The van der Waals surface area contributed by atoms with Gasteiger partial charge in [0.05, 0.1) is 0 Å². The molecule has 1 aromatic carbocycles. The van der Waals surface area contributed by atoms with Crippen molar-refractivity contribution >= 4 is 0 Å². The topological polar surface area (TPSA) is 26.0 Å². The Hall–Kier alpha value is -0.820. The van der Waals surface area contributed by atoms with Crippen molar-refractivity contribution in [2.24, 2.45) is 23.5 Å². The van der Waals surface area contributed by atoms with Crippen LogP contribution in [0, 0.1) is 17.8 Å². The van der Waals surface area contributed by atoms with E-state index in [1.807, 2.05) is 0 Å². The van der Waals surface area contributed by atoms with Gasteiger partial charge in [-0.3, -0.25) is 0 Å². The molecule has 0 aromatic heterocycles. The van der Waals surface area contributed by atoms with Crippen molar-refractivity contribution in [3.63, 3.8) is 0 Å². The van der Waals surface area contributed by atoms with E-state index in [4.69, 9.17) is 5.73 Å². The standard InChI is InChI=1S/C17H25N/c1-12-5-4-8-15(9-12)17(18)16-10-13-6-2-3-7-14(13)11-16/h2-3,6-7,12,15-17H,4-5,8-11,18H2,1H3. The SMILES string of the molecule is CC1CCCC(C(N)C2Cc3ccccc3C2)C1. The van der Waals surface area contributed by atoms with Crippen molar-refractivity contribution in [1.29, 1.82) is 0 Å². The van der Waals surface area contributed by atoms with Gasteiger partial charge in [0.1, 0.15) is 0 Å². The second-order valence-electron chi connectivity index (χ2n) is 6.55. The maximum absolute atomic E-state index is 6.60. The summed E-state index contributed by atoms with van der Waals surface area (Å²) in [5.74, 6) is 2.35. The summed E-state index contributed by atoms with van der Waals surface area (Å²) in [5, 5.41) is 0. The molecule has 0 bridgehead atoms. The summed E-state index contributed by atoms with van der Waals surface area (Å²) in [5.41, 5.74) is 9.68. The van der Waals surface area contributed by atoms with Gasteiger partial charge in [0.2, 0.25) is 0 Å². The molecule has 1 aromatic rings. The first-order valence-corrected chi connectivity index (χ1v) is 7.56. The third kappa shape index (κ3) is 2.33. The van der Waals surface area contributed by atoms with Gasteiger partial charge in [0.15, 0.2) is 0 Å². The monoisotopic (exact) mass is 243 g/mol. The van der Waals surface area contributed by atoms with E-state index >= 15 is 0 Å². The molecule has 0 amide bonds. The Balaban J connectivity index is 1.66. The summed E-state index contributed by atoms with van der Waals surface area (Å²) in [6, 6.07) is 9.31. The number of benzene rings is 1. The van der Waals surface area contributed by atoms with E-state index in [1.54, 1.807) is 11.1 Å². The summed E-state index contributed by atoms with van der Waals surface area (Å²) in [4.78, 5) is 0. The Bertz CT molecular complexity index is 387. The molecule has 1 fully saturated rings. The average Bonchev–Trinajstić information content (AvgIpc) is 2.81. The van der Waals surface area contributed by atoms with Crippen molar-refractivity contribution in [1.82, 2.24) is 0 Å². The predicted octanol–water partition coefficient (Wildman–Crippen LogP) is 3.56. The number of hydrogen-bond acceptors (Lipinski definition) is 1. The number of nitrogens with two attached hydrogens (primary N) is 1. The van der Waals surface area contributed by atoms with Gasteiger partial charge >= 0.3 is 0 Å². The molecule has 3 atom stereocenters. The Morgan fingerprint density at radius 3 is 2.33 bits per heavy atom. The van der Waals surface area contributed by atoms with Crippen LogP contribution in [0.4, 0.5) is 0 Å². The summed E-state index contributed by atoms with van der Waals surface area (Å²) in [6.45, 7) is 2.39. The highest BCUT2D eigenvalue weighted by molar-refractivity contribution is 5.32. The normalized spacial score (nSPS) is 30.1. The van der Waals surface area contributed by atoms with E-state index in [-0.39, 0.29) is 0 Å². The maximum Gasteiger partial charge on any atom is 0.0102 e. The zero-order valence-electron chi connectivity index (χ0n) is 11.4. The molecule has 2 N–H and O–H groups in total. The molecule has 0 radical (unpaired) electrons. The van der Waals surface area contributed by atoms with E-state index < -0.39 is 0 Å². The van der Waals surface area contributed by atoms with Crippen LogP contribution in [0.1, 0.15) is 43.7 Å². The van der Waals surface area contributed by atoms with Crippen LogP contribution in [0.15, 0.2) is 24.3 Å². The first-order chi connectivity index (χ1) is 8.74. The van der Waals surface area contributed by atoms with Gasteiger partial charge in [-0.05, 0) is 54.6 Å². The summed E-state index contributed by atoms with van der Waals surface area (Å²) < 4.78 is 0. The van der Waals surface area contributed by atoms with Gasteiger partial charge in [0.25, 0.3) is 0 Å². The second-order valence-corrected chi connectivity index (χ2v) is 6.55. The molecule has 18 heavy (non-hydrogen) atoms. The lowest BCUT2D eigenvalue weighted by molar-refractivity contribution is 0.208.